The minimum Gasteiger partial charge on any atom is -0.327 e. The summed E-state index contributed by atoms with van der Waals surface area (Å²) < 4.78 is 0. The topological polar surface area (TPSA) is 26.0 Å². The Hall–Kier alpha value is -0.300. The van der Waals surface area contributed by atoms with E-state index in [0.717, 1.165) is 11.8 Å². The quantitative estimate of drug-likeness (QED) is 0.460. The Morgan fingerprint density at radius 2 is 2.38 bits per heavy atom. The summed E-state index contributed by atoms with van der Waals surface area (Å²) in [5.74, 6) is 1.63. The highest BCUT2D eigenvalue weighted by atomic mass is 14.8. The number of rotatable bonds is 0. The van der Waals surface area contributed by atoms with E-state index in [1.54, 1.807) is 0 Å². The van der Waals surface area contributed by atoms with Crippen molar-refractivity contribution in [2.75, 3.05) is 0 Å². The van der Waals surface area contributed by atoms with Gasteiger partial charge in [0.05, 0.1) is 0 Å². The second-order valence-electron chi connectivity index (χ2n) is 2.82. The van der Waals surface area contributed by atoms with E-state index in [4.69, 9.17) is 5.73 Å². The molecule has 2 N–H and O–H groups in total. The van der Waals surface area contributed by atoms with E-state index in [-0.39, 0.29) is 0 Å². The van der Waals surface area contributed by atoms with Crippen molar-refractivity contribution in [3.05, 3.63) is 12.2 Å². The first-order valence-electron chi connectivity index (χ1n) is 3.32. The van der Waals surface area contributed by atoms with Crippen LogP contribution in [0, 0.1) is 11.8 Å². The van der Waals surface area contributed by atoms with Crippen molar-refractivity contribution in [1.82, 2.24) is 0 Å². The standard InChI is InChI=1S/C7H11N/c8-7-5-3-1-2-4-6(5)7/h1,3,5-7H,2,4,8H2. The number of allylic oxidation sites excluding steroid dienone is 1. The van der Waals surface area contributed by atoms with Crippen LogP contribution in [0.2, 0.25) is 0 Å². The Kier molecular flexibility index (Phi) is 0.770. The summed E-state index contributed by atoms with van der Waals surface area (Å²) in [4.78, 5) is 0. The average molecular weight is 109 g/mol. The van der Waals surface area contributed by atoms with Crippen molar-refractivity contribution in [1.29, 1.82) is 0 Å². The molecule has 1 fully saturated rings. The molecule has 0 radical (unpaired) electrons. The Morgan fingerprint density at radius 1 is 1.50 bits per heavy atom. The lowest BCUT2D eigenvalue weighted by atomic mass is 10.1. The third-order valence-corrected chi connectivity index (χ3v) is 2.32. The molecule has 0 aromatic carbocycles. The van der Waals surface area contributed by atoms with E-state index >= 15 is 0 Å². The molecule has 0 amide bonds. The summed E-state index contributed by atoms with van der Waals surface area (Å²) in [5, 5.41) is 0. The van der Waals surface area contributed by atoms with Crippen LogP contribution in [0.25, 0.3) is 0 Å². The largest absolute Gasteiger partial charge is 0.327 e. The van der Waals surface area contributed by atoms with Gasteiger partial charge >= 0.3 is 0 Å². The van der Waals surface area contributed by atoms with Crippen molar-refractivity contribution in [2.24, 2.45) is 17.6 Å². The molecule has 0 aromatic rings. The first-order valence-corrected chi connectivity index (χ1v) is 3.32. The van der Waals surface area contributed by atoms with Gasteiger partial charge in [0.1, 0.15) is 0 Å². The number of nitrogens with two attached hydrogens (primary N) is 1. The average Bonchev–Trinajstić information content (AvgIpc) is 2.46. The lowest BCUT2D eigenvalue weighted by molar-refractivity contribution is 0.673. The van der Waals surface area contributed by atoms with Crippen LogP contribution in [0.1, 0.15) is 12.8 Å². The van der Waals surface area contributed by atoms with Crippen molar-refractivity contribution in [2.45, 2.75) is 18.9 Å². The molecule has 0 aliphatic heterocycles. The smallest absolute Gasteiger partial charge is 0.0140 e. The van der Waals surface area contributed by atoms with Gasteiger partial charge in [0, 0.05) is 6.04 Å². The molecule has 0 aromatic heterocycles. The molecule has 2 aliphatic rings. The SMILES string of the molecule is NC1C2C=CCCC12. The summed E-state index contributed by atoms with van der Waals surface area (Å²) in [5.41, 5.74) is 5.72. The normalized spacial score (nSPS) is 50.9. The Labute approximate surface area is 49.6 Å². The van der Waals surface area contributed by atoms with Crippen LogP contribution in [0.4, 0.5) is 0 Å². The van der Waals surface area contributed by atoms with Gasteiger partial charge in [-0.25, -0.2) is 0 Å². The summed E-state index contributed by atoms with van der Waals surface area (Å²) in [6, 6.07) is 0.522. The molecule has 2 aliphatic carbocycles. The highest BCUT2D eigenvalue weighted by molar-refractivity contribution is 5.15. The van der Waals surface area contributed by atoms with E-state index in [9.17, 15) is 0 Å². The summed E-state index contributed by atoms with van der Waals surface area (Å²) in [6.07, 6.45) is 7.13. The van der Waals surface area contributed by atoms with E-state index < -0.39 is 0 Å². The fraction of sp³-hybridized carbons (Fsp3) is 0.714. The minimum atomic E-state index is 0.522. The molecule has 3 atom stereocenters. The molecule has 8 heavy (non-hydrogen) atoms. The fourth-order valence-corrected chi connectivity index (χ4v) is 1.63. The van der Waals surface area contributed by atoms with E-state index in [1.165, 1.54) is 12.8 Å². The Morgan fingerprint density at radius 3 is 2.88 bits per heavy atom. The fourth-order valence-electron chi connectivity index (χ4n) is 1.63. The lowest BCUT2D eigenvalue weighted by Crippen LogP contribution is -2.01. The molecule has 0 spiro atoms. The zero-order valence-corrected chi connectivity index (χ0v) is 4.88. The summed E-state index contributed by atoms with van der Waals surface area (Å²) in [6.45, 7) is 0. The van der Waals surface area contributed by atoms with Gasteiger partial charge in [-0.1, -0.05) is 12.2 Å². The van der Waals surface area contributed by atoms with E-state index in [2.05, 4.69) is 12.2 Å². The van der Waals surface area contributed by atoms with Crippen LogP contribution in [-0.2, 0) is 0 Å². The van der Waals surface area contributed by atoms with Gasteiger partial charge in [-0.15, -0.1) is 0 Å². The van der Waals surface area contributed by atoms with E-state index in [1.807, 2.05) is 0 Å². The molecule has 1 nitrogen and oxygen atoms in total. The molecular formula is C7H11N. The monoisotopic (exact) mass is 109 g/mol. The first-order chi connectivity index (χ1) is 3.89. The third-order valence-electron chi connectivity index (χ3n) is 2.32. The van der Waals surface area contributed by atoms with Crippen LogP contribution < -0.4 is 5.73 Å². The van der Waals surface area contributed by atoms with Gasteiger partial charge in [-0.05, 0) is 24.7 Å². The molecule has 2 rings (SSSR count). The summed E-state index contributed by atoms with van der Waals surface area (Å²) >= 11 is 0. The van der Waals surface area contributed by atoms with Crippen LogP contribution >= 0.6 is 0 Å². The second-order valence-corrected chi connectivity index (χ2v) is 2.82. The van der Waals surface area contributed by atoms with Crippen LogP contribution in [0.15, 0.2) is 12.2 Å². The maximum absolute atomic E-state index is 5.72. The number of fused-ring (bicyclic) bond motifs is 1. The molecule has 0 bridgehead atoms. The Balaban J connectivity index is 2.12. The second kappa shape index (κ2) is 1.35. The molecule has 44 valence electrons. The van der Waals surface area contributed by atoms with Gasteiger partial charge in [0.15, 0.2) is 0 Å². The summed E-state index contributed by atoms with van der Waals surface area (Å²) in [7, 11) is 0. The molecule has 0 heterocycles. The molecular weight excluding hydrogens is 98.1 g/mol. The van der Waals surface area contributed by atoms with Gasteiger partial charge in [0.25, 0.3) is 0 Å². The maximum atomic E-state index is 5.72. The molecule has 1 heteroatoms. The van der Waals surface area contributed by atoms with Crippen LogP contribution in [0.5, 0.6) is 0 Å². The highest BCUT2D eigenvalue weighted by Crippen LogP contribution is 2.44. The predicted octanol–water partition coefficient (Wildman–Crippen LogP) is 0.910. The van der Waals surface area contributed by atoms with Gasteiger partial charge < -0.3 is 5.73 Å². The first kappa shape index (κ1) is 4.57. The Bertz CT molecular complexity index is 128. The van der Waals surface area contributed by atoms with Gasteiger partial charge in [0.2, 0.25) is 0 Å². The van der Waals surface area contributed by atoms with Crippen LogP contribution in [-0.4, -0.2) is 6.04 Å². The zero-order valence-electron chi connectivity index (χ0n) is 4.88. The van der Waals surface area contributed by atoms with Crippen molar-refractivity contribution < 1.29 is 0 Å². The van der Waals surface area contributed by atoms with Crippen molar-refractivity contribution >= 4 is 0 Å². The molecule has 1 saturated carbocycles. The van der Waals surface area contributed by atoms with Crippen LogP contribution in [0.3, 0.4) is 0 Å². The molecule has 3 unspecified atom stereocenters. The van der Waals surface area contributed by atoms with Crippen molar-refractivity contribution in [3.8, 4) is 0 Å². The third kappa shape index (κ3) is 0.451. The van der Waals surface area contributed by atoms with Gasteiger partial charge in [-0.2, -0.15) is 0 Å². The van der Waals surface area contributed by atoms with E-state index in [0.29, 0.717) is 6.04 Å². The molecule has 0 saturated heterocycles. The lowest BCUT2D eigenvalue weighted by Gasteiger charge is -1.96. The highest BCUT2D eigenvalue weighted by Gasteiger charge is 2.45. The number of hydrogen-bond acceptors (Lipinski definition) is 1. The predicted molar refractivity (Wildman–Crippen MR) is 33.3 cm³/mol. The van der Waals surface area contributed by atoms with Crippen molar-refractivity contribution in [3.63, 3.8) is 0 Å². The maximum Gasteiger partial charge on any atom is 0.0140 e. The minimum absolute atomic E-state index is 0.522. The number of hydrogen-bond donors (Lipinski definition) is 1. The van der Waals surface area contributed by atoms with Gasteiger partial charge in [-0.3, -0.25) is 0 Å². The zero-order chi connectivity index (χ0) is 5.56.